The number of carbonyl (C=O) groups is 2. The van der Waals surface area contributed by atoms with Crippen molar-refractivity contribution in [3.05, 3.63) is 58.5 Å². The number of thiazole rings is 1. The first kappa shape index (κ1) is 18.6. The number of hydrogen-bond acceptors (Lipinski definition) is 6. The molecule has 3 rings (SSSR count). The maximum Gasteiger partial charge on any atom is 0.323 e. The van der Waals surface area contributed by atoms with E-state index in [4.69, 9.17) is 4.74 Å². The lowest BCUT2D eigenvalue weighted by Gasteiger charge is -2.12. The second-order valence-corrected chi connectivity index (χ2v) is 7.71. The Hall–Kier alpha value is -2.18. The molecular formula is C20H19NO3S2. The first-order chi connectivity index (χ1) is 12.6. The van der Waals surface area contributed by atoms with Gasteiger partial charge in [-0.15, -0.1) is 23.1 Å². The zero-order valence-electron chi connectivity index (χ0n) is 14.6. The molecule has 6 heteroatoms. The third-order valence-electron chi connectivity index (χ3n) is 3.83. The van der Waals surface area contributed by atoms with E-state index in [0.717, 1.165) is 21.4 Å². The van der Waals surface area contributed by atoms with Crippen LogP contribution in [0.2, 0.25) is 0 Å². The van der Waals surface area contributed by atoms with E-state index < -0.39 is 11.9 Å². The van der Waals surface area contributed by atoms with Crippen molar-refractivity contribution in [1.29, 1.82) is 0 Å². The summed E-state index contributed by atoms with van der Waals surface area (Å²) < 4.78 is 5.10. The fourth-order valence-corrected chi connectivity index (χ4v) is 4.35. The van der Waals surface area contributed by atoms with E-state index >= 15 is 0 Å². The Balaban J connectivity index is 1.75. The third kappa shape index (κ3) is 4.31. The Morgan fingerprint density at radius 3 is 2.65 bits per heavy atom. The molecule has 0 saturated carbocycles. The number of thioether (sulfide) groups is 1. The van der Waals surface area contributed by atoms with Crippen LogP contribution in [-0.2, 0) is 14.3 Å². The number of hydrogen-bond donors (Lipinski definition) is 0. The number of ketones is 1. The van der Waals surface area contributed by atoms with Crippen molar-refractivity contribution in [2.24, 2.45) is 0 Å². The smallest absolute Gasteiger partial charge is 0.323 e. The number of nitrogens with zero attached hydrogens (tertiary/aromatic N) is 1. The van der Waals surface area contributed by atoms with Gasteiger partial charge in [-0.25, -0.2) is 4.98 Å². The monoisotopic (exact) mass is 385 g/mol. The molecule has 0 fully saturated rings. The standard InChI is InChI=1S/C20H19NO3S2/c1-3-24-20(23)18(19-21-13(2)11-26-19)17(22)12-25-16-9-8-14-6-4-5-7-15(14)10-16/h4-11,18H,3,12H2,1-2H3. The predicted molar refractivity (Wildman–Crippen MR) is 106 cm³/mol. The van der Waals surface area contributed by atoms with Crippen molar-refractivity contribution >= 4 is 45.6 Å². The summed E-state index contributed by atoms with van der Waals surface area (Å²) in [5.41, 5.74) is 0.800. The molecule has 0 radical (unpaired) electrons. The Labute approximate surface area is 160 Å². The Morgan fingerprint density at radius 2 is 1.96 bits per heavy atom. The van der Waals surface area contributed by atoms with Crippen LogP contribution in [-0.4, -0.2) is 29.1 Å². The highest BCUT2D eigenvalue weighted by Crippen LogP contribution is 2.28. The SMILES string of the molecule is CCOC(=O)C(C(=O)CSc1ccc2ccccc2c1)c1nc(C)cs1. The fourth-order valence-electron chi connectivity index (χ4n) is 2.60. The molecule has 1 unspecified atom stereocenters. The van der Waals surface area contributed by atoms with Gasteiger partial charge >= 0.3 is 5.97 Å². The van der Waals surface area contributed by atoms with Crippen LogP contribution >= 0.6 is 23.1 Å². The maximum absolute atomic E-state index is 12.8. The quantitative estimate of drug-likeness (QED) is 0.338. The summed E-state index contributed by atoms with van der Waals surface area (Å²) in [6.07, 6.45) is 0. The fraction of sp³-hybridized carbons (Fsp3) is 0.250. The summed E-state index contributed by atoms with van der Waals surface area (Å²) in [6.45, 7) is 3.82. The van der Waals surface area contributed by atoms with Gasteiger partial charge in [0.1, 0.15) is 5.01 Å². The Bertz CT molecular complexity index is 935. The molecule has 0 aliphatic heterocycles. The lowest BCUT2D eigenvalue weighted by molar-refractivity contribution is -0.147. The highest BCUT2D eigenvalue weighted by Gasteiger charge is 2.32. The van der Waals surface area contributed by atoms with Crippen molar-refractivity contribution in [3.63, 3.8) is 0 Å². The van der Waals surface area contributed by atoms with Gasteiger partial charge in [-0.05, 0) is 36.8 Å². The van der Waals surface area contributed by atoms with Crippen LogP contribution in [0, 0.1) is 6.92 Å². The zero-order valence-corrected chi connectivity index (χ0v) is 16.2. The van der Waals surface area contributed by atoms with Crippen molar-refractivity contribution in [3.8, 4) is 0 Å². The van der Waals surface area contributed by atoms with Crippen LogP contribution in [0.25, 0.3) is 10.8 Å². The van der Waals surface area contributed by atoms with Gasteiger partial charge in [0.2, 0.25) is 0 Å². The average Bonchev–Trinajstić information content (AvgIpc) is 3.06. The molecule has 134 valence electrons. The number of fused-ring (bicyclic) bond motifs is 1. The first-order valence-electron chi connectivity index (χ1n) is 8.31. The molecular weight excluding hydrogens is 366 g/mol. The van der Waals surface area contributed by atoms with Gasteiger partial charge in [0.15, 0.2) is 11.7 Å². The van der Waals surface area contributed by atoms with Gasteiger partial charge in [0.25, 0.3) is 0 Å². The third-order valence-corrected chi connectivity index (χ3v) is 5.87. The van der Waals surface area contributed by atoms with E-state index in [0.29, 0.717) is 5.01 Å². The summed E-state index contributed by atoms with van der Waals surface area (Å²) in [4.78, 5) is 30.4. The first-order valence-corrected chi connectivity index (χ1v) is 10.2. The Kier molecular flexibility index (Phi) is 6.06. The summed E-state index contributed by atoms with van der Waals surface area (Å²) in [5.74, 6) is -1.45. The predicted octanol–water partition coefficient (Wildman–Crippen LogP) is 4.61. The molecule has 1 heterocycles. The molecule has 26 heavy (non-hydrogen) atoms. The zero-order chi connectivity index (χ0) is 18.5. The highest BCUT2D eigenvalue weighted by molar-refractivity contribution is 8.00. The van der Waals surface area contributed by atoms with Crippen LogP contribution in [0.5, 0.6) is 0 Å². The summed E-state index contributed by atoms with van der Waals surface area (Å²) in [7, 11) is 0. The van der Waals surface area contributed by atoms with Crippen LogP contribution in [0.1, 0.15) is 23.5 Å². The number of ether oxygens (including phenoxy) is 1. The van der Waals surface area contributed by atoms with Gasteiger partial charge in [-0.2, -0.15) is 0 Å². The minimum Gasteiger partial charge on any atom is -0.465 e. The van der Waals surface area contributed by atoms with Gasteiger partial charge in [0, 0.05) is 16.0 Å². The molecule has 1 atom stereocenters. The molecule has 0 spiro atoms. The summed E-state index contributed by atoms with van der Waals surface area (Å²) >= 11 is 2.75. The van der Waals surface area contributed by atoms with Crippen molar-refractivity contribution < 1.29 is 14.3 Å². The minimum absolute atomic E-state index is 0.184. The van der Waals surface area contributed by atoms with E-state index in [9.17, 15) is 9.59 Å². The highest BCUT2D eigenvalue weighted by atomic mass is 32.2. The topological polar surface area (TPSA) is 56.3 Å². The number of Topliss-reactive ketones (excluding diaryl/α,β-unsaturated/α-hetero) is 1. The molecule has 0 aliphatic rings. The maximum atomic E-state index is 12.8. The van der Waals surface area contributed by atoms with Gasteiger partial charge in [-0.1, -0.05) is 30.3 Å². The number of rotatable bonds is 7. The van der Waals surface area contributed by atoms with Crippen molar-refractivity contribution in [2.75, 3.05) is 12.4 Å². The van der Waals surface area contributed by atoms with E-state index in [1.54, 1.807) is 6.92 Å². The van der Waals surface area contributed by atoms with Crippen LogP contribution in [0.3, 0.4) is 0 Å². The van der Waals surface area contributed by atoms with Crippen molar-refractivity contribution in [2.45, 2.75) is 24.7 Å². The van der Waals surface area contributed by atoms with Crippen molar-refractivity contribution in [1.82, 2.24) is 4.98 Å². The molecule has 1 aromatic heterocycles. The number of aryl methyl sites for hydroxylation is 1. The molecule has 2 aromatic carbocycles. The van der Waals surface area contributed by atoms with Crippen LogP contribution in [0.15, 0.2) is 52.7 Å². The normalized spacial score (nSPS) is 12.1. The number of benzene rings is 2. The average molecular weight is 386 g/mol. The molecule has 3 aromatic rings. The van der Waals surface area contributed by atoms with Crippen LogP contribution in [0.4, 0.5) is 0 Å². The summed E-state index contributed by atoms with van der Waals surface area (Å²) in [5, 5.41) is 4.63. The summed E-state index contributed by atoms with van der Waals surface area (Å²) in [6, 6.07) is 14.2. The van der Waals surface area contributed by atoms with E-state index in [1.165, 1.54) is 23.1 Å². The molecule has 0 amide bonds. The lowest BCUT2D eigenvalue weighted by atomic mass is 10.1. The molecule has 0 saturated heterocycles. The molecule has 0 aliphatic carbocycles. The largest absolute Gasteiger partial charge is 0.465 e. The number of aromatic nitrogens is 1. The second-order valence-electron chi connectivity index (χ2n) is 5.78. The van der Waals surface area contributed by atoms with E-state index in [2.05, 4.69) is 17.1 Å². The molecule has 0 N–H and O–H groups in total. The minimum atomic E-state index is -0.943. The van der Waals surface area contributed by atoms with Gasteiger partial charge < -0.3 is 4.74 Å². The lowest BCUT2D eigenvalue weighted by Crippen LogP contribution is -2.25. The molecule has 0 bridgehead atoms. The second kappa shape index (κ2) is 8.47. The Morgan fingerprint density at radius 1 is 1.19 bits per heavy atom. The van der Waals surface area contributed by atoms with Gasteiger partial charge in [0.05, 0.1) is 12.4 Å². The molecule has 4 nitrogen and oxygen atoms in total. The number of esters is 1. The number of carbonyl (C=O) groups excluding carboxylic acids is 2. The van der Waals surface area contributed by atoms with E-state index in [-0.39, 0.29) is 18.1 Å². The van der Waals surface area contributed by atoms with Crippen LogP contribution < -0.4 is 0 Å². The van der Waals surface area contributed by atoms with Gasteiger partial charge in [-0.3, -0.25) is 9.59 Å². The van der Waals surface area contributed by atoms with E-state index in [1.807, 2.05) is 42.6 Å².